The molecule has 1 aromatic rings. The molecule has 0 bridgehead atoms. The molecule has 1 rings (SSSR count). The van der Waals surface area contributed by atoms with Crippen LogP contribution >= 0.6 is 11.6 Å². The van der Waals surface area contributed by atoms with Gasteiger partial charge in [-0.25, -0.2) is 4.39 Å². The zero-order valence-electron chi connectivity index (χ0n) is 10.5. The van der Waals surface area contributed by atoms with Crippen molar-refractivity contribution in [3.8, 4) is 5.75 Å². The molecule has 0 saturated heterocycles. The van der Waals surface area contributed by atoms with E-state index in [9.17, 15) is 4.39 Å². The SMILES string of the molecule is CCNCC(C)(C)COc1ccc(F)cc1Cl. The van der Waals surface area contributed by atoms with Crippen LogP contribution in [-0.2, 0) is 0 Å². The van der Waals surface area contributed by atoms with Gasteiger partial charge in [-0.2, -0.15) is 0 Å². The lowest BCUT2D eigenvalue weighted by Gasteiger charge is -2.25. The van der Waals surface area contributed by atoms with Gasteiger partial charge in [0.05, 0.1) is 11.6 Å². The van der Waals surface area contributed by atoms with Crippen LogP contribution in [0.5, 0.6) is 5.75 Å². The van der Waals surface area contributed by atoms with Crippen molar-refractivity contribution >= 4 is 11.6 Å². The third-order valence-corrected chi connectivity index (χ3v) is 2.66. The van der Waals surface area contributed by atoms with Gasteiger partial charge in [-0.1, -0.05) is 32.4 Å². The predicted molar refractivity (Wildman–Crippen MR) is 69.2 cm³/mol. The van der Waals surface area contributed by atoms with E-state index >= 15 is 0 Å². The van der Waals surface area contributed by atoms with Crippen LogP contribution in [0.2, 0.25) is 5.02 Å². The zero-order valence-corrected chi connectivity index (χ0v) is 11.3. The lowest BCUT2D eigenvalue weighted by molar-refractivity contribution is 0.177. The number of rotatable bonds is 6. The van der Waals surface area contributed by atoms with Gasteiger partial charge in [0.1, 0.15) is 11.6 Å². The largest absolute Gasteiger partial charge is 0.491 e. The minimum absolute atomic E-state index is 0.00766. The highest BCUT2D eigenvalue weighted by Gasteiger charge is 2.18. The molecule has 0 aliphatic carbocycles. The second kappa shape index (κ2) is 6.22. The van der Waals surface area contributed by atoms with Crippen molar-refractivity contribution in [1.29, 1.82) is 0 Å². The van der Waals surface area contributed by atoms with E-state index in [1.54, 1.807) is 6.07 Å². The number of hydrogen-bond acceptors (Lipinski definition) is 2. The lowest BCUT2D eigenvalue weighted by Crippen LogP contribution is -2.34. The first-order valence-electron chi connectivity index (χ1n) is 5.73. The highest BCUT2D eigenvalue weighted by molar-refractivity contribution is 6.32. The Labute approximate surface area is 107 Å². The molecule has 1 aromatic carbocycles. The number of hydrogen-bond donors (Lipinski definition) is 1. The molecule has 17 heavy (non-hydrogen) atoms. The third kappa shape index (κ3) is 4.92. The second-order valence-corrected chi connectivity index (χ2v) is 5.22. The Morgan fingerprint density at radius 3 is 2.71 bits per heavy atom. The molecular weight excluding hydrogens is 241 g/mol. The van der Waals surface area contributed by atoms with E-state index in [1.807, 2.05) is 0 Å². The fourth-order valence-electron chi connectivity index (χ4n) is 1.38. The van der Waals surface area contributed by atoms with Crippen LogP contribution in [0.3, 0.4) is 0 Å². The van der Waals surface area contributed by atoms with Crippen LogP contribution in [0, 0.1) is 11.2 Å². The van der Waals surface area contributed by atoms with Crippen LogP contribution in [0.1, 0.15) is 20.8 Å². The summed E-state index contributed by atoms with van der Waals surface area (Å²) in [6, 6.07) is 4.16. The molecule has 0 radical (unpaired) electrons. The number of halogens is 2. The van der Waals surface area contributed by atoms with E-state index in [1.165, 1.54) is 12.1 Å². The van der Waals surface area contributed by atoms with Gasteiger partial charge >= 0.3 is 0 Å². The van der Waals surface area contributed by atoms with Crippen molar-refractivity contribution < 1.29 is 9.13 Å². The van der Waals surface area contributed by atoms with Crippen LogP contribution in [-0.4, -0.2) is 19.7 Å². The van der Waals surface area contributed by atoms with Crippen molar-refractivity contribution in [2.24, 2.45) is 5.41 Å². The number of nitrogens with one attached hydrogen (secondary N) is 1. The third-order valence-electron chi connectivity index (χ3n) is 2.37. The molecule has 0 aromatic heterocycles. The lowest BCUT2D eigenvalue weighted by atomic mass is 9.95. The molecule has 0 aliphatic heterocycles. The van der Waals surface area contributed by atoms with Gasteiger partial charge in [-0.05, 0) is 24.7 Å². The van der Waals surface area contributed by atoms with Crippen molar-refractivity contribution in [2.45, 2.75) is 20.8 Å². The molecule has 0 fully saturated rings. The molecular formula is C13H19ClFNO. The predicted octanol–water partition coefficient (Wildman–Crippen LogP) is 3.49. The zero-order chi connectivity index (χ0) is 12.9. The van der Waals surface area contributed by atoms with Gasteiger partial charge in [-0.3, -0.25) is 0 Å². The average Bonchev–Trinajstić information content (AvgIpc) is 2.25. The first-order chi connectivity index (χ1) is 7.94. The molecule has 96 valence electrons. The summed E-state index contributed by atoms with van der Waals surface area (Å²) in [6.07, 6.45) is 0. The summed E-state index contributed by atoms with van der Waals surface area (Å²) in [4.78, 5) is 0. The maximum Gasteiger partial charge on any atom is 0.138 e. The van der Waals surface area contributed by atoms with E-state index in [4.69, 9.17) is 16.3 Å². The van der Waals surface area contributed by atoms with E-state index in [0.29, 0.717) is 17.4 Å². The first kappa shape index (κ1) is 14.3. The number of ether oxygens (including phenoxy) is 1. The van der Waals surface area contributed by atoms with Gasteiger partial charge in [0.2, 0.25) is 0 Å². The summed E-state index contributed by atoms with van der Waals surface area (Å²) in [7, 11) is 0. The summed E-state index contributed by atoms with van der Waals surface area (Å²) in [5.74, 6) is 0.173. The van der Waals surface area contributed by atoms with Crippen molar-refractivity contribution in [3.63, 3.8) is 0 Å². The fraction of sp³-hybridized carbons (Fsp3) is 0.538. The van der Waals surface area contributed by atoms with E-state index < -0.39 is 0 Å². The quantitative estimate of drug-likeness (QED) is 0.844. The van der Waals surface area contributed by atoms with Gasteiger partial charge in [0, 0.05) is 12.0 Å². The molecule has 4 heteroatoms. The smallest absolute Gasteiger partial charge is 0.138 e. The van der Waals surface area contributed by atoms with E-state index in [-0.39, 0.29) is 11.2 Å². The highest BCUT2D eigenvalue weighted by atomic mass is 35.5. The Morgan fingerprint density at radius 1 is 1.41 bits per heavy atom. The Bertz CT molecular complexity index is 368. The van der Waals surface area contributed by atoms with Gasteiger partial charge in [0.15, 0.2) is 0 Å². The Kier molecular flexibility index (Phi) is 5.22. The molecule has 1 N–H and O–H groups in total. The van der Waals surface area contributed by atoms with Crippen molar-refractivity contribution in [2.75, 3.05) is 19.7 Å². The molecule has 0 spiro atoms. The van der Waals surface area contributed by atoms with Crippen molar-refractivity contribution in [3.05, 3.63) is 29.0 Å². The molecule has 0 heterocycles. The Morgan fingerprint density at radius 2 is 2.12 bits per heavy atom. The summed E-state index contributed by atoms with van der Waals surface area (Å²) >= 11 is 5.88. The second-order valence-electron chi connectivity index (χ2n) is 4.81. The van der Waals surface area contributed by atoms with Crippen LogP contribution in [0.25, 0.3) is 0 Å². The Balaban J connectivity index is 2.54. The Hall–Kier alpha value is -0.800. The first-order valence-corrected chi connectivity index (χ1v) is 6.11. The molecule has 2 nitrogen and oxygen atoms in total. The minimum atomic E-state index is -0.353. The summed E-state index contributed by atoms with van der Waals surface area (Å²) < 4.78 is 18.5. The average molecular weight is 260 g/mol. The van der Waals surface area contributed by atoms with Gasteiger partial charge in [0.25, 0.3) is 0 Å². The standard InChI is InChI=1S/C13H19ClFNO/c1-4-16-8-13(2,3)9-17-12-6-5-10(15)7-11(12)14/h5-7,16H,4,8-9H2,1-3H3. The topological polar surface area (TPSA) is 21.3 Å². The van der Waals surface area contributed by atoms with Crippen molar-refractivity contribution in [1.82, 2.24) is 5.32 Å². The summed E-state index contributed by atoms with van der Waals surface area (Å²) in [6.45, 7) is 8.60. The summed E-state index contributed by atoms with van der Waals surface area (Å²) in [5.41, 5.74) is 0.00766. The minimum Gasteiger partial charge on any atom is -0.491 e. The summed E-state index contributed by atoms with van der Waals surface area (Å²) in [5, 5.41) is 3.59. The monoisotopic (exact) mass is 259 g/mol. The molecule has 0 aliphatic rings. The highest BCUT2D eigenvalue weighted by Crippen LogP contribution is 2.26. The van der Waals surface area contributed by atoms with Crippen LogP contribution in [0.4, 0.5) is 4.39 Å². The fourth-order valence-corrected chi connectivity index (χ4v) is 1.60. The van der Waals surface area contributed by atoms with Gasteiger partial charge < -0.3 is 10.1 Å². The maximum atomic E-state index is 12.8. The molecule has 0 atom stereocenters. The van der Waals surface area contributed by atoms with Crippen LogP contribution in [0.15, 0.2) is 18.2 Å². The van der Waals surface area contributed by atoms with E-state index in [0.717, 1.165) is 13.1 Å². The van der Waals surface area contributed by atoms with Crippen LogP contribution < -0.4 is 10.1 Å². The molecule has 0 amide bonds. The normalized spacial score (nSPS) is 11.6. The maximum absolute atomic E-state index is 12.8. The van der Waals surface area contributed by atoms with Gasteiger partial charge in [-0.15, -0.1) is 0 Å². The molecule has 0 saturated carbocycles. The molecule has 0 unspecified atom stereocenters. The number of benzene rings is 1. The van der Waals surface area contributed by atoms with E-state index in [2.05, 4.69) is 26.1 Å².